The van der Waals surface area contributed by atoms with Crippen LogP contribution >= 0.6 is 35.5 Å². The maximum absolute atomic E-state index is 5.46. The second-order valence-electron chi connectivity index (χ2n) is 6.49. The number of hydrogen-bond acceptors (Lipinski definition) is 9. The van der Waals surface area contributed by atoms with Gasteiger partial charge < -0.3 is 9.84 Å². The van der Waals surface area contributed by atoms with Gasteiger partial charge in [-0.05, 0) is 26.5 Å². The van der Waals surface area contributed by atoms with E-state index in [1.54, 1.807) is 29.4 Å². The van der Waals surface area contributed by atoms with Gasteiger partial charge in [-0.25, -0.2) is 9.97 Å². The SMILES string of the molecule is Cc1sc2ncnc(SCCc3nc(C4CNCCN4C)no3)c2c1C.Cl. The summed E-state index contributed by atoms with van der Waals surface area (Å²) in [6.45, 7) is 7.13. The fraction of sp³-hybridized carbons (Fsp3) is 0.529. The fourth-order valence-electron chi connectivity index (χ4n) is 3.09. The van der Waals surface area contributed by atoms with Crippen LogP contribution in [-0.4, -0.2) is 57.4 Å². The third-order valence-corrected chi connectivity index (χ3v) is 6.88. The van der Waals surface area contributed by atoms with E-state index in [1.807, 2.05) is 0 Å². The summed E-state index contributed by atoms with van der Waals surface area (Å²) in [6, 6.07) is 0.187. The lowest BCUT2D eigenvalue weighted by Gasteiger charge is -2.30. The highest BCUT2D eigenvalue weighted by molar-refractivity contribution is 7.99. The first-order chi connectivity index (χ1) is 12.6. The molecule has 1 N–H and O–H groups in total. The third kappa shape index (κ3) is 4.27. The van der Waals surface area contributed by atoms with Gasteiger partial charge in [0.1, 0.15) is 16.2 Å². The molecule has 7 nitrogen and oxygen atoms in total. The molecule has 10 heteroatoms. The molecule has 0 aliphatic carbocycles. The molecule has 0 saturated carbocycles. The largest absolute Gasteiger partial charge is 0.339 e. The number of thiophene rings is 1. The van der Waals surface area contributed by atoms with E-state index in [2.05, 4.69) is 51.2 Å². The maximum Gasteiger partial charge on any atom is 0.227 e. The monoisotopic (exact) mass is 426 g/mol. The fourth-order valence-corrected chi connectivity index (χ4v) is 5.14. The first kappa shape index (κ1) is 20.5. The van der Waals surface area contributed by atoms with Crippen LogP contribution in [0.15, 0.2) is 15.9 Å². The zero-order valence-corrected chi connectivity index (χ0v) is 18.0. The Balaban J connectivity index is 0.00000210. The Hall–Kier alpha value is -1.26. The lowest BCUT2D eigenvalue weighted by atomic mass is 10.2. The average Bonchev–Trinajstić information content (AvgIpc) is 3.21. The second-order valence-corrected chi connectivity index (χ2v) is 8.77. The minimum absolute atomic E-state index is 0. The zero-order valence-electron chi connectivity index (χ0n) is 15.6. The minimum Gasteiger partial charge on any atom is -0.339 e. The van der Waals surface area contributed by atoms with Crippen molar-refractivity contribution in [3.05, 3.63) is 28.5 Å². The highest BCUT2D eigenvalue weighted by atomic mass is 35.5. The Morgan fingerprint density at radius 2 is 2.22 bits per heavy atom. The van der Waals surface area contributed by atoms with Crippen LogP contribution in [0.25, 0.3) is 10.2 Å². The van der Waals surface area contributed by atoms with E-state index in [0.29, 0.717) is 5.89 Å². The second kappa shape index (κ2) is 8.83. The number of hydrogen-bond donors (Lipinski definition) is 1. The van der Waals surface area contributed by atoms with Crippen molar-refractivity contribution in [3.8, 4) is 0 Å². The molecule has 1 fully saturated rings. The van der Waals surface area contributed by atoms with E-state index in [9.17, 15) is 0 Å². The van der Waals surface area contributed by atoms with Crippen LogP contribution in [-0.2, 0) is 6.42 Å². The summed E-state index contributed by atoms with van der Waals surface area (Å²) < 4.78 is 5.46. The van der Waals surface area contributed by atoms with Gasteiger partial charge in [0, 0.05) is 42.1 Å². The Morgan fingerprint density at radius 1 is 1.37 bits per heavy atom. The molecule has 146 valence electrons. The molecule has 0 bridgehead atoms. The Morgan fingerprint density at radius 3 is 3.04 bits per heavy atom. The molecule has 1 atom stereocenters. The summed E-state index contributed by atoms with van der Waals surface area (Å²) in [4.78, 5) is 18.1. The number of aromatic nitrogens is 4. The summed E-state index contributed by atoms with van der Waals surface area (Å²) in [5.74, 6) is 2.31. The van der Waals surface area contributed by atoms with Crippen LogP contribution in [0.5, 0.6) is 0 Å². The first-order valence-corrected chi connectivity index (χ1v) is 10.5. The lowest BCUT2D eigenvalue weighted by molar-refractivity contribution is 0.190. The van der Waals surface area contributed by atoms with Gasteiger partial charge in [-0.15, -0.1) is 35.5 Å². The van der Waals surface area contributed by atoms with Crippen molar-refractivity contribution in [2.45, 2.75) is 31.3 Å². The molecule has 0 radical (unpaired) electrons. The van der Waals surface area contributed by atoms with Gasteiger partial charge in [-0.3, -0.25) is 4.90 Å². The Bertz CT molecular complexity index is 914. The number of aryl methyl sites for hydroxylation is 3. The van der Waals surface area contributed by atoms with E-state index in [0.717, 1.165) is 47.5 Å². The minimum atomic E-state index is 0. The van der Waals surface area contributed by atoms with E-state index in [4.69, 9.17) is 4.52 Å². The van der Waals surface area contributed by atoms with Crippen LogP contribution in [0.2, 0.25) is 0 Å². The predicted molar refractivity (Wildman–Crippen MR) is 111 cm³/mol. The molecule has 1 unspecified atom stereocenters. The number of rotatable bonds is 5. The summed E-state index contributed by atoms with van der Waals surface area (Å²) in [5.41, 5.74) is 1.28. The lowest BCUT2D eigenvalue weighted by Crippen LogP contribution is -2.44. The molecule has 3 aromatic heterocycles. The molecule has 0 amide bonds. The molecule has 1 aliphatic rings. The van der Waals surface area contributed by atoms with E-state index >= 15 is 0 Å². The molecule has 0 aromatic carbocycles. The molecular weight excluding hydrogens is 404 g/mol. The van der Waals surface area contributed by atoms with E-state index in [-0.39, 0.29) is 18.4 Å². The number of nitrogens with one attached hydrogen (secondary N) is 1. The number of fused-ring (bicyclic) bond motifs is 1. The molecule has 0 spiro atoms. The Kier molecular flexibility index (Phi) is 6.69. The number of nitrogens with zero attached hydrogens (tertiary/aromatic N) is 5. The third-order valence-electron chi connectivity index (χ3n) is 4.78. The van der Waals surface area contributed by atoms with Crippen LogP contribution < -0.4 is 5.32 Å². The van der Waals surface area contributed by atoms with Gasteiger partial charge in [-0.1, -0.05) is 5.16 Å². The zero-order chi connectivity index (χ0) is 18.1. The predicted octanol–water partition coefficient (Wildman–Crippen LogP) is 3.02. The smallest absolute Gasteiger partial charge is 0.227 e. The number of thioether (sulfide) groups is 1. The maximum atomic E-state index is 5.46. The molecule has 27 heavy (non-hydrogen) atoms. The van der Waals surface area contributed by atoms with Crippen LogP contribution in [0.3, 0.4) is 0 Å². The number of likely N-dealkylation sites (N-methyl/N-ethyl adjacent to an activating group) is 1. The van der Waals surface area contributed by atoms with Crippen molar-refractivity contribution in [1.82, 2.24) is 30.3 Å². The summed E-state index contributed by atoms with van der Waals surface area (Å²) in [5, 5.41) is 9.78. The quantitative estimate of drug-likeness (QED) is 0.492. The van der Waals surface area contributed by atoms with Crippen LogP contribution in [0, 0.1) is 13.8 Å². The van der Waals surface area contributed by atoms with Crippen LogP contribution in [0.1, 0.15) is 28.2 Å². The molecule has 1 saturated heterocycles. The first-order valence-electron chi connectivity index (χ1n) is 8.70. The number of halogens is 1. The van der Waals surface area contributed by atoms with Crippen molar-refractivity contribution in [2.24, 2.45) is 0 Å². The molecule has 4 heterocycles. The average molecular weight is 427 g/mol. The van der Waals surface area contributed by atoms with E-state index < -0.39 is 0 Å². The topological polar surface area (TPSA) is 80.0 Å². The molecule has 3 aromatic rings. The molecule has 1 aliphatic heterocycles. The van der Waals surface area contributed by atoms with Crippen molar-refractivity contribution < 1.29 is 4.52 Å². The summed E-state index contributed by atoms with van der Waals surface area (Å²) >= 11 is 3.45. The standard InChI is InChI=1S/C17H22N6OS2.ClH/c1-10-11(2)26-17-14(10)16(19-9-20-17)25-7-4-13-21-15(22-24-13)12-8-18-5-6-23(12)3;/h9,12,18H,4-8H2,1-3H3;1H. The summed E-state index contributed by atoms with van der Waals surface area (Å²) in [7, 11) is 2.10. The van der Waals surface area contributed by atoms with Gasteiger partial charge in [0.05, 0.1) is 6.04 Å². The summed E-state index contributed by atoms with van der Waals surface area (Å²) in [6.07, 6.45) is 2.38. The molecular formula is C17H23ClN6OS2. The Labute approximate surface area is 172 Å². The van der Waals surface area contributed by atoms with Crippen molar-refractivity contribution >= 4 is 45.7 Å². The van der Waals surface area contributed by atoms with Crippen molar-refractivity contribution in [2.75, 3.05) is 32.4 Å². The van der Waals surface area contributed by atoms with Gasteiger partial charge in [0.15, 0.2) is 5.82 Å². The van der Waals surface area contributed by atoms with Crippen LogP contribution in [0.4, 0.5) is 0 Å². The van der Waals surface area contributed by atoms with Gasteiger partial charge in [-0.2, -0.15) is 4.98 Å². The van der Waals surface area contributed by atoms with Gasteiger partial charge in [0.25, 0.3) is 0 Å². The van der Waals surface area contributed by atoms with Crippen molar-refractivity contribution in [1.29, 1.82) is 0 Å². The highest BCUT2D eigenvalue weighted by Gasteiger charge is 2.25. The van der Waals surface area contributed by atoms with Gasteiger partial charge in [0.2, 0.25) is 5.89 Å². The highest BCUT2D eigenvalue weighted by Crippen LogP contribution is 2.34. The van der Waals surface area contributed by atoms with Gasteiger partial charge >= 0.3 is 0 Å². The normalized spacial score (nSPS) is 18.0. The van der Waals surface area contributed by atoms with Crippen molar-refractivity contribution in [3.63, 3.8) is 0 Å². The van der Waals surface area contributed by atoms with E-state index in [1.165, 1.54) is 15.8 Å². The molecule has 4 rings (SSSR count). The number of piperazine rings is 1.